The number of aryl methyl sites for hydroxylation is 1. The molecule has 2 aliphatic rings. The third-order valence-corrected chi connectivity index (χ3v) is 7.47. The molecular formula is C27H30FNO4. The minimum absolute atomic E-state index is 0.102. The van der Waals surface area contributed by atoms with E-state index < -0.39 is 5.97 Å². The van der Waals surface area contributed by atoms with E-state index in [0.29, 0.717) is 31.6 Å². The van der Waals surface area contributed by atoms with Crippen LogP contribution in [0.5, 0.6) is 5.75 Å². The molecule has 3 aromatic rings. The summed E-state index contributed by atoms with van der Waals surface area (Å²) in [6.45, 7) is 3.13. The summed E-state index contributed by atoms with van der Waals surface area (Å²) in [6, 6.07) is 10.6. The van der Waals surface area contributed by atoms with Crippen molar-refractivity contribution in [1.82, 2.24) is 4.57 Å². The Morgan fingerprint density at radius 2 is 1.85 bits per heavy atom. The first-order valence-electron chi connectivity index (χ1n) is 11.9. The van der Waals surface area contributed by atoms with Gasteiger partial charge in [-0.1, -0.05) is 6.42 Å². The van der Waals surface area contributed by atoms with E-state index in [0.717, 1.165) is 47.8 Å². The lowest BCUT2D eigenvalue weighted by atomic mass is 9.75. The molecule has 2 unspecified atom stereocenters. The average molecular weight is 452 g/mol. The number of aromatic hydroxyl groups is 1. The van der Waals surface area contributed by atoms with E-state index in [1.54, 1.807) is 13.0 Å². The van der Waals surface area contributed by atoms with E-state index in [2.05, 4.69) is 4.57 Å². The van der Waals surface area contributed by atoms with Crippen molar-refractivity contribution in [3.63, 3.8) is 0 Å². The molecule has 2 atom stereocenters. The fourth-order valence-corrected chi connectivity index (χ4v) is 5.85. The van der Waals surface area contributed by atoms with Crippen LogP contribution in [0.3, 0.4) is 0 Å². The molecule has 2 N–H and O–H groups in total. The number of carbonyl (C=O) groups is 1. The van der Waals surface area contributed by atoms with Crippen molar-refractivity contribution in [1.29, 1.82) is 0 Å². The molecule has 0 amide bonds. The van der Waals surface area contributed by atoms with Gasteiger partial charge in [0, 0.05) is 35.9 Å². The highest BCUT2D eigenvalue weighted by molar-refractivity contribution is 5.89. The number of rotatable bonds is 4. The van der Waals surface area contributed by atoms with Gasteiger partial charge in [-0.3, -0.25) is 4.79 Å². The second-order valence-corrected chi connectivity index (χ2v) is 9.55. The van der Waals surface area contributed by atoms with Crippen LogP contribution in [-0.2, 0) is 9.53 Å². The summed E-state index contributed by atoms with van der Waals surface area (Å²) < 4.78 is 22.0. The SMILES string of the molecule is Cc1cc(-n2c(C3CCOCC3)c(C3CCCC(C(=O)O)C3)c3cc(O)ccc32)ccc1F. The first-order chi connectivity index (χ1) is 15.9. The number of ether oxygens (including phenoxy) is 1. The zero-order valence-corrected chi connectivity index (χ0v) is 18.9. The van der Waals surface area contributed by atoms with Gasteiger partial charge in [-0.15, -0.1) is 0 Å². The molecule has 0 spiro atoms. The van der Waals surface area contributed by atoms with Crippen molar-refractivity contribution in [3.05, 3.63) is 59.0 Å². The van der Waals surface area contributed by atoms with Gasteiger partial charge in [-0.2, -0.15) is 0 Å². The maximum Gasteiger partial charge on any atom is 0.306 e. The summed E-state index contributed by atoms with van der Waals surface area (Å²) in [5, 5.41) is 21.1. The standard InChI is InChI=1S/C27H30FNO4/c1-16-13-20(5-7-23(16)28)29-24-8-6-21(30)15-22(24)25(26(29)17-9-11-33-12-10-17)18-3-2-4-19(14-18)27(31)32/h5-8,13,15,17-19,30H,2-4,9-12,14H2,1H3,(H,31,32). The van der Waals surface area contributed by atoms with E-state index in [4.69, 9.17) is 4.74 Å². The highest BCUT2D eigenvalue weighted by Gasteiger charge is 2.35. The molecule has 2 aromatic carbocycles. The number of aromatic nitrogens is 1. The molecule has 1 saturated carbocycles. The van der Waals surface area contributed by atoms with E-state index >= 15 is 0 Å². The summed E-state index contributed by atoms with van der Waals surface area (Å²) in [4.78, 5) is 11.8. The topological polar surface area (TPSA) is 71.7 Å². The van der Waals surface area contributed by atoms with Gasteiger partial charge in [0.1, 0.15) is 11.6 Å². The minimum atomic E-state index is -0.729. The maximum atomic E-state index is 14.1. The Balaban J connectivity index is 1.78. The molecule has 0 radical (unpaired) electrons. The third kappa shape index (κ3) is 4.01. The second-order valence-electron chi connectivity index (χ2n) is 9.55. The summed E-state index contributed by atoms with van der Waals surface area (Å²) in [5.74, 6) is -0.774. The third-order valence-electron chi connectivity index (χ3n) is 7.47. The van der Waals surface area contributed by atoms with Crippen LogP contribution in [0.1, 0.15) is 67.2 Å². The predicted octanol–water partition coefficient (Wildman–Crippen LogP) is 6.04. The smallest absolute Gasteiger partial charge is 0.306 e. The first-order valence-corrected chi connectivity index (χ1v) is 11.9. The van der Waals surface area contributed by atoms with E-state index in [9.17, 15) is 19.4 Å². The molecule has 2 heterocycles. The van der Waals surface area contributed by atoms with Crippen LogP contribution in [0.2, 0.25) is 0 Å². The maximum absolute atomic E-state index is 14.1. The van der Waals surface area contributed by atoms with Gasteiger partial charge in [0.2, 0.25) is 0 Å². The fraction of sp³-hybridized carbons (Fsp3) is 0.444. The lowest BCUT2D eigenvalue weighted by molar-refractivity contribution is -0.143. The fourth-order valence-electron chi connectivity index (χ4n) is 5.85. The molecule has 1 saturated heterocycles. The number of hydrogen-bond donors (Lipinski definition) is 2. The summed E-state index contributed by atoms with van der Waals surface area (Å²) >= 11 is 0. The van der Waals surface area contributed by atoms with Gasteiger partial charge in [0.25, 0.3) is 0 Å². The van der Waals surface area contributed by atoms with Crippen molar-refractivity contribution >= 4 is 16.9 Å². The average Bonchev–Trinajstić information content (AvgIpc) is 3.15. The van der Waals surface area contributed by atoms with Crippen molar-refractivity contribution in [2.45, 2.75) is 57.3 Å². The van der Waals surface area contributed by atoms with Crippen LogP contribution < -0.4 is 0 Å². The number of phenols is 1. The molecule has 1 aromatic heterocycles. The van der Waals surface area contributed by atoms with Crippen molar-refractivity contribution in [2.75, 3.05) is 13.2 Å². The highest BCUT2D eigenvalue weighted by Crippen LogP contribution is 2.47. The lowest BCUT2D eigenvalue weighted by Gasteiger charge is -2.31. The number of phenolic OH excluding ortho intramolecular Hbond substituents is 1. The Kier molecular flexibility index (Phi) is 5.87. The zero-order valence-electron chi connectivity index (χ0n) is 18.9. The molecule has 33 heavy (non-hydrogen) atoms. The van der Waals surface area contributed by atoms with Gasteiger partial charge in [-0.05, 0) is 92.5 Å². The number of nitrogens with zero attached hydrogens (tertiary/aromatic N) is 1. The monoisotopic (exact) mass is 451 g/mol. The van der Waals surface area contributed by atoms with Crippen LogP contribution in [0.4, 0.5) is 4.39 Å². The van der Waals surface area contributed by atoms with Gasteiger partial charge in [-0.25, -0.2) is 4.39 Å². The van der Waals surface area contributed by atoms with E-state index in [1.807, 2.05) is 24.3 Å². The van der Waals surface area contributed by atoms with Crippen LogP contribution in [0.25, 0.3) is 16.6 Å². The second kappa shape index (κ2) is 8.82. The van der Waals surface area contributed by atoms with Gasteiger partial charge >= 0.3 is 5.97 Å². The largest absolute Gasteiger partial charge is 0.508 e. The number of carboxylic acids is 1. The number of hydrogen-bond acceptors (Lipinski definition) is 3. The number of aliphatic carboxylic acids is 1. The van der Waals surface area contributed by atoms with Crippen LogP contribution in [0, 0.1) is 18.7 Å². The molecule has 2 fully saturated rings. The normalized spacial score (nSPS) is 22.0. The Bertz CT molecular complexity index is 1190. The summed E-state index contributed by atoms with van der Waals surface area (Å²) in [5.41, 5.74) is 4.76. The van der Waals surface area contributed by atoms with Crippen LogP contribution >= 0.6 is 0 Å². The molecule has 174 valence electrons. The minimum Gasteiger partial charge on any atom is -0.508 e. The van der Waals surface area contributed by atoms with Gasteiger partial charge in [0.05, 0.1) is 11.4 Å². The van der Waals surface area contributed by atoms with E-state index in [1.165, 1.54) is 11.8 Å². The highest BCUT2D eigenvalue weighted by atomic mass is 19.1. The van der Waals surface area contributed by atoms with Crippen molar-refractivity contribution in [3.8, 4) is 11.4 Å². The summed E-state index contributed by atoms with van der Waals surface area (Å²) in [7, 11) is 0. The quantitative estimate of drug-likeness (QED) is 0.508. The Hall–Kier alpha value is -2.86. The van der Waals surface area contributed by atoms with Gasteiger partial charge in [0.15, 0.2) is 0 Å². The van der Waals surface area contributed by atoms with Crippen molar-refractivity contribution in [2.24, 2.45) is 5.92 Å². The van der Waals surface area contributed by atoms with Crippen LogP contribution in [0.15, 0.2) is 36.4 Å². The van der Waals surface area contributed by atoms with Crippen molar-refractivity contribution < 1.29 is 24.1 Å². The lowest BCUT2D eigenvalue weighted by Crippen LogP contribution is -2.24. The van der Waals surface area contributed by atoms with E-state index in [-0.39, 0.29) is 29.3 Å². The number of carboxylic acid groups (broad SMARTS) is 1. The molecule has 1 aliphatic carbocycles. The Morgan fingerprint density at radius 1 is 1.06 bits per heavy atom. The summed E-state index contributed by atoms with van der Waals surface area (Å²) in [6.07, 6.45) is 4.87. The zero-order chi connectivity index (χ0) is 23.1. The molecular weight excluding hydrogens is 421 g/mol. The molecule has 0 bridgehead atoms. The Labute approximate surface area is 192 Å². The van der Waals surface area contributed by atoms with Gasteiger partial charge < -0.3 is 19.5 Å². The first kappa shape index (κ1) is 22.0. The molecule has 5 nitrogen and oxygen atoms in total. The Morgan fingerprint density at radius 3 is 2.58 bits per heavy atom. The molecule has 6 heteroatoms. The molecule has 5 rings (SSSR count). The van der Waals surface area contributed by atoms with Crippen LogP contribution in [-0.4, -0.2) is 34.0 Å². The number of halogens is 1. The number of fused-ring (bicyclic) bond motifs is 1. The number of benzene rings is 2. The predicted molar refractivity (Wildman–Crippen MR) is 125 cm³/mol. The molecule has 1 aliphatic heterocycles.